The average Bonchev–Trinajstić information content (AvgIpc) is 3.33. The number of aromatic nitrogens is 2. The lowest BCUT2D eigenvalue weighted by Crippen LogP contribution is -2.43. The molecule has 2 atom stereocenters. The number of halogens is 1. The van der Waals surface area contributed by atoms with E-state index in [1.54, 1.807) is 12.1 Å². The van der Waals surface area contributed by atoms with E-state index in [9.17, 15) is 18.8 Å². The number of imide groups is 1. The molecule has 0 bridgehead atoms. The number of hydrogen-bond donors (Lipinski definition) is 0. The van der Waals surface area contributed by atoms with Gasteiger partial charge in [0.05, 0.1) is 11.1 Å². The van der Waals surface area contributed by atoms with Gasteiger partial charge in [-0.25, -0.2) is 9.18 Å². The summed E-state index contributed by atoms with van der Waals surface area (Å²) in [4.78, 5) is 38.5. The van der Waals surface area contributed by atoms with Gasteiger partial charge in [0, 0.05) is 5.56 Å². The van der Waals surface area contributed by atoms with Crippen LogP contribution >= 0.6 is 0 Å². The van der Waals surface area contributed by atoms with Gasteiger partial charge in [0.25, 0.3) is 17.7 Å². The summed E-state index contributed by atoms with van der Waals surface area (Å²) in [5, 5.41) is 7.72. The van der Waals surface area contributed by atoms with Crippen molar-refractivity contribution in [1.29, 1.82) is 0 Å². The van der Waals surface area contributed by atoms with Crippen molar-refractivity contribution in [3.63, 3.8) is 0 Å². The lowest BCUT2D eigenvalue weighted by molar-refractivity contribution is -0.153. The molecule has 2 heterocycles. The minimum absolute atomic E-state index is 0.0252. The van der Waals surface area contributed by atoms with Gasteiger partial charge in [-0.3, -0.25) is 14.5 Å². The Morgan fingerprint density at radius 3 is 2.20 bits per heavy atom. The lowest BCUT2D eigenvalue weighted by Gasteiger charge is -2.22. The Labute approximate surface area is 170 Å². The van der Waals surface area contributed by atoms with E-state index in [-0.39, 0.29) is 22.9 Å². The molecule has 1 aliphatic heterocycles. The largest absolute Gasteiger partial charge is 0.451 e. The van der Waals surface area contributed by atoms with E-state index < -0.39 is 35.7 Å². The molecule has 0 unspecified atom stereocenters. The number of carbonyl (C=O) groups excluding carboxylic acids is 3. The van der Waals surface area contributed by atoms with Crippen molar-refractivity contribution in [3.8, 4) is 11.5 Å². The van der Waals surface area contributed by atoms with E-state index in [2.05, 4.69) is 10.2 Å². The van der Waals surface area contributed by atoms with Gasteiger partial charge in [0.2, 0.25) is 5.89 Å². The van der Waals surface area contributed by atoms with Gasteiger partial charge in [-0.15, -0.1) is 10.2 Å². The summed E-state index contributed by atoms with van der Waals surface area (Å²) in [6.07, 6.45) is -0.920. The Morgan fingerprint density at radius 2 is 1.60 bits per heavy atom. The van der Waals surface area contributed by atoms with Crippen molar-refractivity contribution in [2.45, 2.75) is 26.0 Å². The quantitative estimate of drug-likeness (QED) is 0.471. The van der Waals surface area contributed by atoms with Crippen LogP contribution in [0, 0.1) is 5.82 Å². The molecule has 152 valence electrons. The standard InChI is InChI=1S/C21H16FN3O5/c1-11(25-19(26)15-5-3-4-6-16(15)20(25)27)21(28)29-12(2)17-23-24-18(30-17)13-7-9-14(22)10-8-13/h3-12H,1-2H3/t11-,12-/m0/s1. The fourth-order valence-electron chi connectivity index (χ4n) is 3.10. The van der Waals surface area contributed by atoms with Crippen LogP contribution in [0.15, 0.2) is 52.9 Å². The van der Waals surface area contributed by atoms with Crippen molar-refractivity contribution in [1.82, 2.24) is 15.1 Å². The molecule has 1 aliphatic rings. The van der Waals surface area contributed by atoms with E-state index in [1.165, 1.54) is 50.2 Å². The van der Waals surface area contributed by atoms with Crippen molar-refractivity contribution in [3.05, 3.63) is 71.4 Å². The molecule has 4 rings (SSSR count). The summed E-state index contributed by atoms with van der Waals surface area (Å²) < 4.78 is 23.9. The molecule has 0 radical (unpaired) electrons. The molecule has 2 amide bonds. The summed E-state index contributed by atoms with van der Waals surface area (Å²) >= 11 is 0. The second-order valence-electron chi connectivity index (χ2n) is 6.73. The third-order valence-corrected chi connectivity index (χ3v) is 4.73. The molecule has 8 nitrogen and oxygen atoms in total. The van der Waals surface area contributed by atoms with Gasteiger partial charge in [-0.1, -0.05) is 12.1 Å². The number of ether oxygens (including phenoxy) is 1. The molecule has 0 saturated carbocycles. The lowest BCUT2D eigenvalue weighted by atomic mass is 10.1. The fourth-order valence-corrected chi connectivity index (χ4v) is 3.10. The highest BCUT2D eigenvalue weighted by Gasteiger charge is 2.41. The van der Waals surface area contributed by atoms with Crippen molar-refractivity contribution >= 4 is 17.8 Å². The fraction of sp³-hybridized carbons (Fsp3) is 0.190. The summed E-state index contributed by atoms with van der Waals surface area (Å²) in [5.41, 5.74) is 1.00. The molecular formula is C21H16FN3O5. The monoisotopic (exact) mass is 409 g/mol. The Bertz CT molecular complexity index is 1110. The summed E-state index contributed by atoms with van der Waals surface area (Å²) in [5.74, 6) is -2.13. The van der Waals surface area contributed by atoms with Crippen LogP contribution in [0.4, 0.5) is 4.39 Å². The van der Waals surface area contributed by atoms with Gasteiger partial charge < -0.3 is 9.15 Å². The smallest absolute Gasteiger partial charge is 0.329 e. The first-order valence-corrected chi connectivity index (χ1v) is 9.13. The van der Waals surface area contributed by atoms with E-state index >= 15 is 0 Å². The zero-order valence-electron chi connectivity index (χ0n) is 16.0. The topological polar surface area (TPSA) is 103 Å². The maximum atomic E-state index is 13.0. The third-order valence-electron chi connectivity index (χ3n) is 4.73. The second-order valence-corrected chi connectivity index (χ2v) is 6.73. The first-order chi connectivity index (χ1) is 14.4. The van der Waals surface area contributed by atoms with Crippen LogP contribution in [0.3, 0.4) is 0 Å². The van der Waals surface area contributed by atoms with E-state index in [0.717, 1.165) is 4.90 Å². The minimum Gasteiger partial charge on any atom is -0.451 e. The predicted molar refractivity (Wildman–Crippen MR) is 101 cm³/mol. The number of nitrogens with zero attached hydrogens (tertiary/aromatic N) is 3. The number of hydrogen-bond acceptors (Lipinski definition) is 7. The molecule has 0 N–H and O–H groups in total. The maximum absolute atomic E-state index is 13.0. The number of rotatable bonds is 5. The van der Waals surface area contributed by atoms with Gasteiger partial charge in [0.1, 0.15) is 11.9 Å². The number of fused-ring (bicyclic) bond motifs is 1. The number of benzene rings is 2. The molecule has 0 aliphatic carbocycles. The Hall–Kier alpha value is -3.88. The van der Waals surface area contributed by atoms with Gasteiger partial charge >= 0.3 is 5.97 Å². The Balaban J connectivity index is 1.46. The maximum Gasteiger partial charge on any atom is 0.329 e. The van der Waals surface area contributed by atoms with E-state index in [1.807, 2.05) is 0 Å². The highest BCUT2D eigenvalue weighted by Crippen LogP contribution is 2.27. The molecule has 1 aromatic heterocycles. The Morgan fingerprint density at radius 1 is 1.00 bits per heavy atom. The summed E-state index contributed by atoms with van der Waals surface area (Å²) in [6, 6.07) is 10.7. The number of esters is 1. The normalized spacial score (nSPS) is 15.1. The second kappa shape index (κ2) is 7.51. The van der Waals surface area contributed by atoms with Crippen molar-refractivity contribution < 1.29 is 27.9 Å². The summed E-state index contributed by atoms with van der Waals surface area (Å²) in [6.45, 7) is 2.93. The van der Waals surface area contributed by atoms with Gasteiger partial charge in [0.15, 0.2) is 6.10 Å². The average molecular weight is 409 g/mol. The number of carbonyl (C=O) groups is 3. The summed E-state index contributed by atoms with van der Waals surface area (Å²) in [7, 11) is 0. The zero-order valence-corrected chi connectivity index (χ0v) is 16.0. The molecule has 30 heavy (non-hydrogen) atoms. The third kappa shape index (κ3) is 3.34. The van der Waals surface area contributed by atoms with Crippen LogP contribution in [-0.4, -0.2) is 38.9 Å². The molecular weight excluding hydrogens is 393 g/mol. The van der Waals surface area contributed by atoms with E-state index in [4.69, 9.17) is 9.15 Å². The van der Waals surface area contributed by atoms with Crippen LogP contribution in [0.5, 0.6) is 0 Å². The van der Waals surface area contributed by atoms with Crippen LogP contribution in [0.2, 0.25) is 0 Å². The molecule has 9 heteroatoms. The first kappa shape index (κ1) is 19.4. The number of amides is 2. The molecule has 0 spiro atoms. The molecule has 2 aromatic carbocycles. The highest BCUT2D eigenvalue weighted by atomic mass is 19.1. The molecule has 0 saturated heterocycles. The van der Waals surface area contributed by atoms with Crippen molar-refractivity contribution in [2.24, 2.45) is 0 Å². The van der Waals surface area contributed by atoms with Gasteiger partial charge in [-0.05, 0) is 50.2 Å². The zero-order chi connectivity index (χ0) is 21.4. The van der Waals surface area contributed by atoms with Gasteiger partial charge in [-0.2, -0.15) is 0 Å². The first-order valence-electron chi connectivity index (χ1n) is 9.13. The van der Waals surface area contributed by atoms with Crippen LogP contribution in [-0.2, 0) is 9.53 Å². The van der Waals surface area contributed by atoms with Crippen LogP contribution < -0.4 is 0 Å². The Kier molecular flexibility index (Phi) is 4.86. The van der Waals surface area contributed by atoms with E-state index in [0.29, 0.717) is 5.56 Å². The molecule has 3 aromatic rings. The van der Waals surface area contributed by atoms with Crippen LogP contribution in [0.25, 0.3) is 11.5 Å². The predicted octanol–water partition coefficient (Wildman–Crippen LogP) is 3.16. The molecule has 0 fully saturated rings. The highest BCUT2D eigenvalue weighted by molar-refractivity contribution is 6.22. The van der Waals surface area contributed by atoms with Crippen molar-refractivity contribution in [2.75, 3.05) is 0 Å². The minimum atomic E-state index is -1.14. The van der Waals surface area contributed by atoms with Crippen LogP contribution in [0.1, 0.15) is 46.6 Å². The SMILES string of the molecule is C[C@H](OC(=O)[C@H](C)N1C(=O)c2ccccc2C1=O)c1nnc(-c2ccc(F)cc2)o1.